The molecule has 0 aliphatic carbocycles. The van der Waals surface area contributed by atoms with Crippen molar-refractivity contribution in [2.24, 2.45) is 0 Å². The molecule has 14 heavy (non-hydrogen) atoms. The predicted molar refractivity (Wildman–Crippen MR) is 54.0 cm³/mol. The Morgan fingerprint density at radius 2 is 2.07 bits per heavy atom. The van der Waals surface area contributed by atoms with Crippen molar-refractivity contribution in [3.63, 3.8) is 0 Å². The van der Waals surface area contributed by atoms with E-state index >= 15 is 0 Å². The van der Waals surface area contributed by atoms with Gasteiger partial charge in [0.15, 0.2) is 0 Å². The van der Waals surface area contributed by atoms with Gasteiger partial charge < -0.3 is 14.9 Å². The molecule has 0 spiro atoms. The summed E-state index contributed by atoms with van der Waals surface area (Å²) in [6.45, 7) is 3.82. The van der Waals surface area contributed by atoms with Gasteiger partial charge in [-0.05, 0) is 17.7 Å². The molecule has 1 aromatic carbocycles. The summed E-state index contributed by atoms with van der Waals surface area (Å²) >= 11 is 0. The van der Waals surface area contributed by atoms with Crippen LogP contribution in [-0.2, 0) is 13.2 Å². The molecule has 1 aromatic rings. The van der Waals surface area contributed by atoms with E-state index in [9.17, 15) is 0 Å². The number of aliphatic hydroxyl groups is 2. The average Bonchev–Trinajstić information content (AvgIpc) is 2.26. The Morgan fingerprint density at radius 3 is 2.64 bits per heavy atom. The molecule has 2 N–H and O–H groups in total. The van der Waals surface area contributed by atoms with E-state index in [4.69, 9.17) is 14.9 Å². The van der Waals surface area contributed by atoms with E-state index in [0.29, 0.717) is 17.9 Å². The van der Waals surface area contributed by atoms with E-state index in [-0.39, 0.29) is 13.2 Å². The third-order valence-electron chi connectivity index (χ3n) is 1.83. The van der Waals surface area contributed by atoms with Crippen LogP contribution in [0, 0.1) is 0 Å². The molecule has 3 nitrogen and oxygen atoms in total. The fourth-order valence-electron chi connectivity index (χ4n) is 1.14. The van der Waals surface area contributed by atoms with Crippen molar-refractivity contribution in [2.45, 2.75) is 13.2 Å². The maximum Gasteiger partial charge on any atom is 0.125 e. The number of hydrogen-bond acceptors (Lipinski definition) is 3. The fraction of sp³-hybridized carbons (Fsp3) is 0.273. The Balaban J connectivity index is 2.87. The molecule has 0 amide bonds. The minimum absolute atomic E-state index is 0.0330. The first kappa shape index (κ1) is 10.8. The molecule has 0 aliphatic rings. The third-order valence-corrected chi connectivity index (χ3v) is 1.83. The lowest BCUT2D eigenvalue weighted by molar-refractivity contribution is 0.266. The molecule has 0 atom stereocenters. The molecule has 0 heterocycles. The second kappa shape index (κ2) is 5.42. The SMILES string of the molecule is C=CCOc1ccc(CO)cc1CO. The minimum Gasteiger partial charge on any atom is -0.489 e. The molecule has 0 saturated heterocycles. The van der Waals surface area contributed by atoms with Crippen molar-refractivity contribution in [3.8, 4) is 5.75 Å². The standard InChI is InChI=1S/C11H14O3/c1-2-5-14-11-4-3-9(7-12)6-10(11)8-13/h2-4,6,12-13H,1,5,7-8H2. The Labute approximate surface area is 83.3 Å². The second-order valence-electron chi connectivity index (χ2n) is 2.86. The summed E-state index contributed by atoms with van der Waals surface area (Å²) in [5, 5.41) is 17.9. The van der Waals surface area contributed by atoms with E-state index in [2.05, 4.69) is 6.58 Å². The average molecular weight is 194 g/mol. The number of rotatable bonds is 5. The summed E-state index contributed by atoms with van der Waals surface area (Å²) in [5.41, 5.74) is 1.44. The summed E-state index contributed by atoms with van der Waals surface area (Å²) in [4.78, 5) is 0. The lowest BCUT2D eigenvalue weighted by Gasteiger charge is -2.09. The minimum atomic E-state index is -0.0969. The summed E-state index contributed by atoms with van der Waals surface area (Å²) < 4.78 is 5.32. The Hall–Kier alpha value is -1.32. The number of ether oxygens (including phenoxy) is 1. The van der Waals surface area contributed by atoms with Crippen LogP contribution in [0.5, 0.6) is 5.75 Å². The van der Waals surface area contributed by atoms with E-state index in [0.717, 1.165) is 5.56 Å². The topological polar surface area (TPSA) is 49.7 Å². The van der Waals surface area contributed by atoms with Crippen molar-refractivity contribution in [1.82, 2.24) is 0 Å². The Morgan fingerprint density at radius 1 is 1.29 bits per heavy atom. The largest absolute Gasteiger partial charge is 0.489 e. The quantitative estimate of drug-likeness (QED) is 0.693. The van der Waals surface area contributed by atoms with Crippen LogP contribution < -0.4 is 4.74 Å². The molecule has 0 bridgehead atoms. The van der Waals surface area contributed by atoms with Gasteiger partial charge in [-0.1, -0.05) is 18.7 Å². The molecule has 0 fully saturated rings. The molecular weight excluding hydrogens is 180 g/mol. The zero-order valence-electron chi connectivity index (χ0n) is 7.94. The van der Waals surface area contributed by atoms with Crippen molar-refractivity contribution < 1.29 is 14.9 Å². The summed E-state index contributed by atoms with van der Waals surface area (Å²) in [7, 11) is 0. The Kier molecular flexibility index (Phi) is 4.16. The highest BCUT2D eigenvalue weighted by Crippen LogP contribution is 2.20. The highest BCUT2D eigenvalue weighted by Gasteiger charge is 2.03. The number of hydrogen-bond donors (Lipinski definition) is 2. The normalized spacial score (nSPS) is 9.86. The van der Waals surface area contributed by atoms with Crippen LogP contribution in [0.3, 0.4) is 0 Å². The van der Waals surface area contributed by atoms with Gasteiger partial charge in [0.25, 0.3) is 0 Å². The van der Waals surface area contributed by atoms with Crippen LogP contribution in [0.25, 0.3) is 0 Å². The van der Waals surface area contributed by atoms with Crippen molar-refractivity contribution >= 4 is 0 Å². The van der Waals surface area contributed by atoms with Gasteiger partial charge in [-0.3, -0.25) is 0 Å². The van der Waals surface area contributed by atoms with Crippen LogP contribution in [0.4, 0.5) is 0 Å². The maximum absolute atomic E-state index is 9.05. The molecule has 0 unspecified atom stereocenters. The van der Waals surface area contributed by atoms with E-state index < -0.39 is 0 Å². The summed E-state index contributed by atoms with van der Waals surface area (Å²) in [6, 6.07) is 5.22. The zero-order valence-corrected chi connectivity index (χ0v) is 7.94. The van der Waals surface area contributed by atoms with Gasteiger partial charge in [0.1, 0.15) is 12.4 Å². The number of benzene rings is 1. The highest BCUT2D eigenvalue weighted by atomic mass is 16.5. The summed E-state index contributed by atoms with van der Waals surface area (Å²) in [6.07, 6.45) is 1.64. The van der Waals surface area contributed by atoms with Crippen LogP contribution in [0.2, 0.25) is 0 Å². The van der Waals surface area contributed by atoms with E-state index in [1.807, 2.05) is 0 Å². The molecule has 0 aliphatic heterocycles. The van der Waals surface area contributed by atoms with Gasteiger partial charge in [-0.2, -0.15) is 0 Å². The third kappa shape index (κ3) is 2.58. The van der Waals surface area contributed by atoms with Gasteiger partial charge in [-0.25, -0.2) is 0 Å². The van der Waals surface area contributed by atoms with Crippen LogP contribution in [0.1, 0.15) is 11.1 Å². The molecule has 0 aromatic heterocycles. The summed E-state index contributed by atoms with van der Waals surface area (Å²) in [5.74, 6) is 0.629. The van der Waals surface area contributed by atoms with Crippen molar-refractivity contribution in [2.75, 3.05) is 6.61 Å². The van der Waals surface area contributed by atoms with Crippen LogP contribution in [0.15, 0.2) is 30.9 Å². The molecule has 76 valence electrons. The molecule has 3 heteroatoms. The van der Waals surface area contributed by atoms with E-state index in [1.54, 1.807) is 24.3 Å². The lowest BCUT2D eigenvalue weighted by atomic mass is 10.1. The monoisotopic (exact) mass is 194 g/mol. The van der Waals surface area contributed by atoms with Crippen molar-refractivity contribution in [3.05, 3.63) is 42.0 Å². The lowest BCUT2D eigenvalue weighted by Crippen LogP contribution is -1.98. The van der Waals surface area contributed by atoms with E-state index in [1.165, 1.54) is 0 Å². The van der Waals surface area contributed by atoms with Gasteiger partial charge >= 0.3 is 0 Å². The first-order chi connectivity index (χ1) is 6.81. The second-order valence-corrected chi connectivity index (χ2v) is 2.86. The van der Waals surface area contributed by atoms with Gasteiger partial charge in [0, 0.05) is 5.56 Å². The van der Waals surface area contributed by atoms with Crippen LogP contribution >= 0.6 is 0 Å². The first-order valence-electron chi connectivity index (χ1n) is 4.39. The van der Waals surface area contributed by atoms with Gasteiger partial charge in [-0.15, -0.1) is 0 Å². The molecule has 1 rings (SSSR count). The highest BCUT2D eigenvalue weighted by molar-refractivity contribution is 5.36. The predicted octanol–water partition coefficient (Wildman–Crippen LogP) is 1.24. The van der Waals surface area contributed by atoms with Gasteiger partial charge in [0.05, 0.1) is 13.2 Å². The zero-order chi connectivity index (χ0) is 10.4. The molecule has 0 saturated carbocycles. The number of aliphatic hydroxyl groups excluding tert-OH is 2. The fourth-order valence-corrected chi connectivity index (χ4v) is 1.14. The van der Waals surface area contributed by atoms with Crippen molar-refractivity contribution in [1.29, 1.82) is 0 Å². The van der Waals surface area contributed by atoms with Crippen LogP contribution in [-0.4, -0.2) is 16.8 Å². The first-order valence-corrected chi connectivity index (χ1v) is 4.39. The molecular formula is C11H14O3. The maximum atomic E-state index is 9.05. The molecule has 0 radical (unpaired) electrons. The van der Waals surface area contributed by atoms with Gasteiger partial charge in [0.2, 0.25) is 0 Å². The Bertz CT molecular complexity index is 307. The smallest absolute Gasteiger partial charge is 0.125 e.